The van der Waals surface area contributed by atoms with Crippen molar-refractivity contribution < 1.29 is 23.8 Å². The van der Waals surface area contributed by atoms with E-state index in [1.807, 2.05) is 27.7 Å². The van der Waals surface area contributed by atoms with E-state index in [9.17, 15) is 9.59 Å². The summed E-state index contributed by atoms with van der Waals surface area (Å²) in [7, 11) is 0. The molecule has 0 heterocycles. The summed E-state index contributed by atoms with van der Waals surface area (Å²) in [6.45, 7) is 10.1. The Labute approximate surface area is 133 Å². The van der Waals surface area contributed by atoms with Gasteiger partial charge in [0, 0.05) is 19.5 Å². The third kappa shape index (κ3) is 15.1. The molecule has 0 aromatic carbocycles. The highest BCUT2D eigenvalue weighted by Crippen LogP contribution is 2.05. The second kappa shape index (κ2) is 12.2. The molecule has 0 aliphatic rings. The Kier molecular flexibility index (Phi) is 11.5. The number of amides is 2. The lowest BCUT2D eigenvalue weighted by atomic mass is 10.2. The number of hydrogen-bond donors (Lipinski definition) is 2. The van der Waals surface area contributed by atoms with Gasteiger partial charge in [0.25, 0.3) is 0 Å². The largest absolute Gasteiger partial charge is 0.444 e. The molecule has 0 radical (unpaired) electrons. The van der Waals surface area contributed by atoms with Crippen molar-refractivity contribution in [1.29, 1.82) is 0 Å². The minimum absolute atomic E-state index is 0.00401. The molecule has 0 aliphatic heterocycles. The van der Waals surface area contributed by atoms with Crippen LogP contribution in [0.25, 0.3) is 0 Å². The first-order valence-electron chi connectivity index (χ1n) is 7.74. The van der Waals surface area contributed by atoms with Crippen LogP contribution in [0.3, 0.4) is 0 Å². The van der Waals surface area contributed by atoms with Gasteiger partial charge in [-0.1, -0.05) is 6.92 Å². The van der Waals surface area contributed by atoms with Crippen LogP contribution >= 0.6 is 0 Å². The van der Waals surface area contributed by atoms with Gasteiger partial charge in [-0.25, -0.2) is 4.79 Å². The number of carbonyl (C=O) groups is 2. The van der Waals surface area contributed by atoms with Crippen LogP contribution in [-0.4, -0.2) is 57.1 Å². The summed E-state index contributed by atoms with van der Waals surface area (Å²) in [4.78, 5) is 22.6. The Bertz CT molecular complexity index is 316. The van der Waals surface area contributed by atoms with Crippen LogP contribution in [-0.2, 0) is 19.0 Å². The van der Waals surface area contributed by atoms with Gasteiger partial charge in [0.15, 0.2) is 0 Å². The highest BCUT2D eigenvalue weighted by Gasteiger charge is 2.15. The zero-order valence-corrected chi connectivity index (χ0v) is 14.2. The number of nitrogens with one attached hydrogen (secondary N) is 2. The van der Waals surface area contributed by atoms with Gasteiger partial charge in [0.05, 0.1) is 26.4 Å². The Morgan fingerprint density at radius 1 is 0.909 bits per heavy atom. The van der Waals surface area contributed by atoms with Crippen molar-refractivity contribution in [3.05, 3.63) is 0 Å². The molecule has 130 valence electrons. The van der Waals surface area contributed by atoms with Gasteiger partial charge in [-0.05, 0) is 27.2 Å². The van der Waals surface area contributed by atoms with E-state index < -0.39 is 11.7 Å². The minimum atomic E-state index is -0.498. The van der Waals surface area contributed by atoms with Crippen LogP contribution < -0.4 is 10.6 Å². The molecular formula is C15H30N2O5. The summed E-state index contributed by atoms with van der Waals surface area (Å²) in [5.41, 5.74) is -0.498. The minimum Gasteiger partial charge on any atom is -0.444 e. The molecule has 2 N–H and O–H groups in total. The van der Waals surface area contributed by atoms with Crippen molar-refractivity contribution in [1.82, 2.24) is 10.6 Å². The van der Waals surface area contributed by atoms with Crippen LogP contribution in [0.5, 0.6) is 0 Å². The fourth-order valence-corrected chi connectivity index (χ4v) is 1.38. The second-order valence-electron chi connectivity index (χ2n) is 5.75. The molecule has 0 bridgehead atoms. The maximum absolute atomic E-state index is 11.3. The Hall–Kier alpha value is -1.34. The molecule has 0 aromatic heterocycles. The summed E-state index contributed by atoms with van der Waals surface area (Å²) < 4.78 is 15.6. The number of ether oxygens (including phenoxy) is 3. The zero-order chi connectivity index (χ0) is 16.8. The predicted molar refractivity (Wildman–Crippen MR) is 83.8 cm³/mol. The first kappa shape index (κ1) is 20.7. The molecule has 0 atom stereocenters. The molecule has 0 rings (SSSR count). The highest BCUT2D eigenvalue weighted by molar-refractivity contribution is 5.75. The molecular weight excluding hydrogens is 288 g/mol. The van der Waals surface area contributed by atoms with Crippen molar-refractivity contribution in [2.75, 3.05) is 39.5 Å². The van der Waals surface area contributed by atoms with Gasteiger partial charge in [0.1, 0.15) is 5.60 Å². The summed E-state index contributed by atoms with van der Waals surface area (Å²) in [6, 6.07) is 0. The van der Waals surface area contributed by atoms with Crippen LogP contribution in [0.15, 0.2) is 0 Å². The molecule has 0 aromatic rings. The Morgan fingerprint density at radius 2 is 1.55 bits per heavy atom. The number of alkyl carbamates (subject to hydrolysis) is 1. The molecule has 22 heavy (non-hydrogen) atoms. The van der Waals surface area contributed by atoms with Gasteiger partial charge in [0.2, 0.25) is 5.91 Å². The summed E-state index contributed by atoms with van der Waals surface area (Å²) in [5.74, 6) is 0.00401. The number of carbonyl (C=O) groups excluding carboxylic acids is 2. The van der Waals surface area contributed by atoms with E-state index >= 15 is 0 Å². The molecule has 7 heteroatoms. The van der Waals surface area contributed by atoms with E-state index in [2.05, 4.69) is 10.6 Å². The second-order valence-corrected chi connectivity index (χ2v) is 5.75. The van der Waals surface area contributed by atoms with E-state index in [1.54, 1.807) is 0 Å². The van der Waals surface area contributed by atoms with Crippen LogP contribution in [0.1, 0.15) is 40.5 Å². The average Bonchev–Trinajstić information content (AvgIpc) is 2.41. The zero-order valence-electron chi connectivity index (χ0n) is 14.2. The quantitative estimate of drug-likeness (QED) is 0.563. The SMILES string of the molecule is CCCNC(=O)CCOCCOCCNC(=O)OC(C)(C)C. The lowest BCUT2D eigenvalue weighted by Crippen LogP contribution is -2.34. The van der Waals surface area contributed by atoms with E-state index in [4.69, 9.17) is 14.2 Å². The van der Waals surface area contributed by atoms with Gasteiger partial charge >= 0.3 is 6.09 Å². The van der Waals surface area contributed by atoms with Crippen LogP contribution in [0.4, 0.5) is 4.79 Å². The van der Waals surface area contributed by atoms with Gasteiger partial charge in [-0.2, -0.15) is 0 Å². The predicted octanol–water partition coefficient (Wildman–Crippen LogP) is 1.46. The topological polar surface area (TPSA) is 85.9 Å². The highest BCUT2D eigenvalue weighted by atomic mass is 16.6. The monoisotopic (exact) mass is 318 g/mol. The standard InChI is InChI=1S/C15H30N2O5/c1-5-7-16-13(18)6-9-20-11-12-21-10-8-17-14(19)22-15(2,3)4/h5-12H2,1-4H3,(H,16,18)(H,17,19). The average molecular weight is 318 g/mol. The molecule has 0 unspecified atom stereocenters. The molecule has 0 fully saturated rings. The molecule has 0 spiro atoms. The van der Waals surface area contributed by atoms with Crippen LogP contribution in [0.2, 0.25) is 0 Å². The number of rotatable bonds is 11. The van der Waals surface area contributed by atoms with E-state index in [0.29, 0.717) is 45.9 Å². The maximum atomic E-state index is 11.3. The van der Waals surface area contributed by atoms with Crippen molar-refractivity contribution in [2.45, 2.75) is 46.1 Å². The normalized spacial score (nSPS) is 11.1. The van der Waals surface area contributed by atoms with Gasteiger partial charge < -0.3 is 24.8 Å². The molecule has 0 aliphatic carbocycles. The lowest BCUT2D eigenvalue weighted by molar-refractivity contribution is -0.122. The lowest BCUT2D eigenvalue weighted by Gasteiger charge is -2.19. The molecule has 0 saturated carbocycles. The third-order valence-electron chi connectivity index (χ3n) is 2.33. The van der Waals surface area contributed by atoms with Crippen molar-refractivity contribution >= 4 is 12.0 Å². The Balaban J connectivity index is 3.30. The maximum Gasteiger partial charge on any atom is 0.407 e. The number of hydrogen-bond acceptors (Lipinski definition) is 5. The van der Waals surface area contributed by atoms with Crippen LogP contribution in [0, 0.1) is 0 Å². The fourth-order valence-electron chi connectivity index (χ4n) is 1.38. The van der Waals surface area contributed by atoms with E-state index in [1.165, 1.54) is 0 Å². The molecule has 0 saturated heterocycles. The van der Waals surface area contributed by atoms with E-state index in [0.717, 1.165) is 6.42 Å². The Morgan fingerprint density at radius 3 is 2.14 bits per heavy atom. The molecule has 7 nitrogen and oxygen atoms in total. The first-order chi connectivity index (χ1) is 10.3. The van der Waals surface area contributed by atoms with E-state index in [-0.39, 0.29) is 5.91 Å². The van der Waals surface area contributed by atoms with Gasteiger partial charge in [-0.3, -0.25) is 4.79 Å². The van der Waals surface area contributed by atoms with Gasteiger partial charge in [-0.15, -0.1) is 0 Å². The smallest absolute Gasteiger partial charge is 0.407 e. The van der Waals surface area contributed by atoms with Crippen molar-refractivity contribution in [3.63, 3.8) is 0 Å². The van der Waals surface area contributed by atoms with Crippen molar-refractivity contribution in [3.8, 4) is 0 Å². The summed E-state index contributed by atoms with van der Waals surface area (Å²) >= 11 is 0. The first-order valence-corrected chi connectivity index (χ1v) is 7.74. The van der Waals surface area contributed by atoms with Crippen molar-refractivity contribution in [2.24, 2.45) is 0 Å². The third-order valence-corrected chi connectivity index (χ3v) is 2.33. The summed E-state index contributed by atoms with van der Waals surface area (Å²) in [6.07, 6.45) is 0.836. The molecule has 2 amide bonds. The summed E-state index contributed by atoms with van der Waals surface area (Å²) in [5, 5.41) is 5.37. The fraction of sp³-hybridized carbons (Fsp3) is 0.867.